The van der Waals surface area contributed by atoms with Crippen molar-refractivity contribution < 1.29 is 35.5 Å². The van der Waals surface area contributed by atoms with Gasteiger partial charge in [0.2, 0.25) is 15.9 Å². The Morgan fingerprint density at radius 2 is 1.54 bits per heavy atom. The zero-order chi connectivity index (χ0) is 28.5. The summed E-state index contributed by atoms with van der Waals surface area (Å²) in [7, 11) is -2.51. The van der Waals surface area contributed by atoms with Gasteiger partial charge >= 0.3 is 0 Å². The molecule has 39 heavy (non-hydrogen) atoms. The number of para-hydroxylation sites is 1. The van der Waals surface area contributed by atoms with E-state index in [0.29, 0.717) is 23.4 Å². The topological polar surface area (TPSA) is 114 Å². The van der Waals surface area contributed by atoms with Gasteiger partial charge in [0.25, 0.3) is 10.0 Å². The summed E-state index contributed by atoms with van der Waals surface area (Å²) in [5.74, 6) is -0.983. The minimum absolute atomic E-state index is 0.0876. The van der Waals surface area contributed by atoms with Gasteiger partial charge in [-0.15, -0.1) is 0 Å². The van der Waals surface area contributed by atoms with Crippen LogP contribution >= 0.6 is 0 Å². The van der Waals surface area contributed by atoms with E-state index >= 15 is 0 Å². The third-order valence-electron chi connectivity index (χ3n) is 6.37. The first-order valence-corrected chi connectivity index (χ1v) is 14.6. The second-order valence-corrected chi connectivity index (χ2v) is 12.9. The molecule has 1 amide bonds. The molecule has 0 atom stereocenters. The van der Waals surface area contributed by atoms with Crippen LogP contribution in [0.4, 0.5) is 15.8 Å². The number of methoxy groups -OCH3 is 2. The van der Waals surface area contributed by atoms with Crippen LogP contribution < -0.4 is 18.7 Å². The summed E-state index contributed by atoms with van der Waals surface area (Å²) in [5.41, 5.74) is 0.800. The highest BCUT2D eigenvalue weighted by Gasteiger charge is 2.34. The summed E-state index contributed by atoms with van der Waals surface area (Å²) in [6.07, 6.45) is 0.375. The summed E-state index contributed by atoms with van der Waals surface area (Å²) in [6.45, 7) is -0.490. The minimum Gasteiger partial charge on any atom is -0.493 e. The number of halogens is 1. The third kappa shape index (κ3) is 5.29. The van der Waals surface area contributed by atoms with Crippen molar-refractivity contribution in [3.05, 3.63) is 72.0 Å². The molecule has 1 heterocycles. The van der Waals surface area contributed by atoms with Gasteiger partial charge in [-0.2, -0.15) is 0 Å². The van der Waals surface area contributed by atoms with Gasteiger partial charge in [0.1, 0.15) is 12.4 Å². The lowest BCUT2D eigenvalue weighted by atomic mass is 10.2. The summed E-state index contributed by atoms with van der Waals surface area (Å²) < 4.78 is 79.8. The van der Waals surface area contributed by atoms with Crippen LogP contribution in [0.2, 0.25) is 0 Å². The molecule has 10 nitrogen and oxygen atoms in total. The lowest BCUT2D eigenvalue weighted by Gasteiger charge is -2.27. The molecule has 0 aliphatic carbocycles. The number of sulfonamides is 2. The van der Waals surface area contributed by atoms with E-state index in [1.807, 2.05) is 0 Å². The van der Waals surface area contributed by atoms with Crippen molar-refractivity contribution in [1.29, 1.82) is 0 Å². The maximum absolute atomic E-state index is 14.9. The van der Waals surface area contributed by atoms with Gasteiger partial charge in [0, 0.05) is 32.4 Å². The van der Waals surface area contributed by atoms with Gasteiger partial charge in [0.05, 0.1) is 29.7 Å². The van der Waals surface area contributed by atoms with E-state index in [-0.39, 0.29) is 27.8 Å². The molecule has 0 aromatic heterocycles. The number of amides is 1. The molecule has 0 spiro atoms. The van der Waals surface area contributed by atoms with Crippen molar-refractivity contribution in [2.75, 3.05) is 50.6 Å². The predicted molar refractivity (Wildman–Crippen MR) is 144 cm³/mol. The first kappa shape index (κ1) is 28.3. The second kappa shape index (κ2) is 10.8. The molecular weight excluding hydrogens is 549 g/mol. The average Bonchev–Trinajstić information content (AvgIpc) is 3.35. The molecule has 0 radical (unpaired) electrons. The molecule has 0 bridgehead atoms. The van der Waals surface area contributed by atoms with Crippen LogP contribution in [0.25, 0.3) is 0 Å². The lowest BCUT2D eigenvalue weighted by molar-refractivity contribution is -0.117. The molecule has 1 aliphatic heterocycles. The maximum atomic E-state index is 14.9. The quantitative estimate of drug-likeness (QED) is 0.384. The fourth-order valence-corrected chi connectivity index (χ4v) is 6.67. The highest BCUT2D eigenvalue weighted by atomic mass is 32.2. The molecule has 208 valence electrons. The molecule has 0 saturated heterocycles. The first-order chi connectivity index (χ1) is 18.4. The summed E-state index contributed by atoms with van der Waals surface area (Å²) in [5, 5.41) is 0. The van der Waals surface area contributed by atoms with E-state index in [4.69, 9.17) is 9.47 Å². The second-order valence-electron chi connectivity index (χ2n) is 8.85. The number of rotatable bonds is 9. The van der Waals surface area contributed by atoms with Gasteiger partial charge in [-0.25, -0.2) is 25.5 Å². The highest BCUT2D eigenvalue weighted by molar-refractivity contribution is 7.92. The first-order valence-electron chi connectivity index (χ1n) is 11.8. The monoisotopic (exact) mass is 577 g/mol. The van der Waals surface area contributed by atoms with E-state index in [9.17, 15) is 26.0 Å². The van der Waals surface area contributed by atoms with Crippen molar-refractivity contribution in [3.8, 4) is 11.5 Å². The van der Waals surface area contributed by atoms with Crippen molar-refractivity contribution >= 4 is 37.3 Å². The average molecular weight is 578 g/mol. The van der Waals surface area contributed by atoms with Gasteiger partial charge in [-0.3, -0.25) is 9.10 Å². The fraction of sp³-hybridized carbons (Fsp3) is 0.269. The molecular formula is C26H28FN3O7S2. The van der Waals surface area contributed by atoms with Gasteiger partial charge in [0.15, 0.2) is 11.5 Å². The number of carbonyl (C=O) groups is 1. The van der Waals surface area contributed by atoms with Crippen LogP contribution in [-0.2, 0) is 31.3 Å². The van der Waals surface area contributed by atoms with E-state index < -0.39 is 38.3 Å². The van der Waals surface area contributed by atoms with Crippen molar-refractivity contribution in [3.63, 3.8) is 0 Å². The fourth-order valence-electron chi connectivity index (χ4n) is 4.27. The zero-order valence-corrected chi connectivity index (χ0v) is 23.4. The molecule has 13 heteroatoms. The molecule has 1 aliphatic rings. The molecule has 0 unspecified atom stereocenters. The smallest absolute Gasteiger partial charge is 0.265 e. The molecule has 4 rings (SSSR count). The van der Waals surface area contributed by atoms with Crippen LogP contribution in [0.3, 0.4) is 0 Å². The Labute approximate surface area is 227 Å². The van der Waals surface area contributed by atoms with E-state index in [1.54, 1.807) is 0 Å². The van der Waals surface area contributed by atoms with Crippen LogP contribution in [0.15, 0.2) is 70.5 Å². The number of ether oxygens (including phenoxy) is 2. The molecule has 3 aromatic carbocycles. The zero-order valence-electron chi connectivity index (χ0n) is 21.8. The largest absolute Gasteiger partial charge is 0.493 e. The maximum Gasteiger partial charge on any atom is 0.265 e. The number of hydrogen-bond donors (Lipinski definition) is 0. The number of fused-ring (bicyclic) bond motifs is 1. The number of anilines is 2. The van der Waals surface area contributed by atoms with Gasteiger partial charge in [-0.05, 0) is 54.4 Å². The highest BCUT2D eigenvalue weighted by Crippen LogP contribution is 2.34. The standard InChI is InChI=1S/C26H28FN3O7S2/c1-28(2)38(32,33)19-9-11-22-18(15-19)13-14-29(22)26(31)17-30(23-8-6-5-7-21(23)27)39(34,35)20-10-12-24(36-3)25(16-20)37-4/h5-12,15-16H,13-14,17H2,1-4H3. The Kier molecular flexibility index (Phi) is 7.87. The van der Waals surface area contributed by atoms with Crippen LogP contribution in [-0.4, -0.2) is 68.5 Å². The summed E-state index contributed by atoms with van der Waals surface area (Å²) in [4.78, 5) is 14.8. The predicted octanol–water partition coefficient (Wildman–Crippen LogP) is 2.88. The van der Waals surface area contributed by atoms with E-state index in [0.717, 1.165) is 14.7 Å². The Bertz CT molecular complexity index is 1630. The lowest BCUT2D eigenvalue weighted by Crippen LogP contribution is -2.43. The number of nitrogens with zero attached hydrogens (tertiary/aromatic N) is 3. The number of benzene rings is 3. The van der Waals surface area contributed by atoms with Crippen LogP contribution in [0.5, 0.6) is 11.5 Å². The normalized spacial score (nSPS) is 13.3. The van der Waals surface area contributed by atoms with E-state index in [2.05, 4.69) is 0 Å². The van der Waals surface area contributed by atoms with Crippen molar-refractivity contribution in [2.45, 2.75) is 16.2 Å². The Balaban J connectivity index is 1.72. The SMILES string of the molecule is COc1ccc(S(=O)(=O)N(CC(=O)N2CCc3cc(S(=O)(=O)N(C)C)ccc32)c2ccccc2F)cc1OC. The van der Waals surface area contributed by atoms with Crippen LogP contribution in [0, 0.1) is 5.82 Å². The molecule has 0 fully saturated rings. The third-order valence-corrected chi connectivity index (χ3v) is 9.94. The molecule has 0 N–H and O–H groups in total. The Morgan fingerprint density at radius 1 is 0.897 bits per heavy atom. The number of hydrogen-bond acceptors (Lipinski definition) is 7. The Morgan fingerprint density at radius 3 is 2.18 bits per heavy atom. The van der Waals surface area contributed by atoms with Gasteiger partial charge in [-0.1, -0.05) is 12.1 Å². The van der Waals surface area contributed by atoms with Gasteiger partial charge < -0.3 is 14.4 Å². The van der Waals surface area contributed by atoms with Crippen LogP contribution in [0.1, 0.15) is 5.56 Å². The van der Waals surface area contributed by atoms with Crippen molar-refractivity contribution in [2.24, 2.45) is 0 Å². The number of carbonyl (C=O) groups excluding carboxylic acids is 1. The summed E-state index contributed by atoms with van der Waals surface area (Å²) >= 11 is 0. The summed E-state index contributed by atoms with van der Waals surface area (Å²) in [6, 6.07) is 13.6. The molecule has 0 saturated carbocycles. The Hall–Kier alpha value is -3.68. The minimum atomic E-state index is -4.45. The van der Waals surface area contributed by atoms with Crippen molar-refractivity contribution in [1.82, 2.24) is 4.31 Å². The molecule has 3 aromatic rings. The van der Waals surface area contributed by atoms with E-state index in [1.165, 1.54) is 87.8 Å².